The molecule has 0 aliphatic carbocycles. The summed E-state index contributed by atoms with van der Waals surface area (Å²) in [5.41, 5.74) is 3.72. The molecule has 0 saturated heterocycles. The Labute approximate surface area is 120 Å². The second-order valence-corrected chi connectivity index (χ2v) is 5.23. The van der Waals surface area contributed by atoms with E-state index in [2.05, 4.69) is 5.32 Å². The maximum absolute atomic E-state index is 13.5. The van der Waals surface area contributed by atoms with Crippen LogP contribution < -0.4 is 5.32 Å². The summed E-state index contributed by atoms with van der Waals surface area (Å²) in [6.07, 6.45) is 2.00. The van der Waals surface area contributed by atoms with Crippen molar-refractivity contribution in [2.45, 2.75) is 0 Å². The Kier molecular flexibility index (Phi) is 3.21. The fourth-order valence-corrected chi connectivity index (χ4v) is 2.53. The van der Waals surface area contributed by atoms with E-state index in [0.717, 1.165) is 22.4 Å². The topological polar surface area (TPSA) is 12.0 Å². The summed E-state index contributed by atoms with van der Waals surface area (Å²) in [5, 5.41) is 4.02. The third-order valence-corrected chi connectivity index (χ3v) is 3.59. The molecule has 0 atom stereocenters. The maximum atomic E-state index is 13.5. The molecule has 19 heavy (non-hydrogen) atoms. The predicted molar refractivity (Wildman–Crippen MR) is 79.2 cm³/mol. The molecular weight excluding hydrogens is 284 g/mol. The van der Waals surface area contributed by atoms with Crippen LogP contribution in [0.1, 0.15) is 11.1 Å². The highest BCUT2D eigenvalue weighted by atomic mass is 35.5. The molecule has 0 saturated carbocycles. The third-order valence-electron chi connectivity index (χ3n) is 3.07. The molecule has 1 aliphatic rings. The first-order valence-electron chi connectivity index (χ1n) is 5.83. The number of hydrogen-bond acceptors (Lipinski definition) is 1. The number of benzene rings is 2. The molecule has 0 amide bonds. The van der Waals surface area contributed by atoms with Gasteiger partial charge in [-0.3, -0.25) is 0 Å². The minimum Gasteiger partial charge on any atom is -0.380 e. The summed E-state index contributed by atoms with van der Waals surface area (Å²) < 4.78 is 13.5. The summed E-state index contributed by atoms with van der Waals surface area (Å²) in [6.45, 7) is 0.654. The van der Waals surface area contributed by atoms with Crippen molar-refractivity contribution < 1.29 is 4.39 Å². The van der Waals surface area contributed by atoms with Gasteiger partial charge in [-0.15, -0.1) is 0 Å². The zero-order valence-corrected chi connectivity index (χ0v) is 11.4. The zero-order chi connectivity index (χ0) is 13.4. The SMILES string of the molecule is Fc1cc2c(cc1Cl)NCC2=Cc1cccc(Cl)c1. The highest BCUT2D eigenvalue weighted by molar-refractivity contribution is 6.31. The normalized spacial score (nSPS) is 15.4. The Morgan fingerprint density at radius 3 is 2.79 bits per heavy atom. The fraction of sp³-hybridized carbons (Fsp3) is 0.0667. The fourth-order valence-electron chi connectivity index (χ4n) is 2.17. The number of hydrogen-bond donors (Lipinski definition) is 1. The Balaban J connectivity index is 2.05. The van der Waals surface area contributed by atoms with Gasteiger partial charge in [-0.2, -0.15) is 0 Å². The molecule has 0 fully saturated rings. The number of halogens is 3. The standard InChI is InChI=1S/C15H10Cl2FN/c16-11-3-1-2-9(5-11)4-10-8-19-15-7-13(17)14(18)6-12(10)15/h1-7,19H,8H2. The molecule has 1 aliphatic heterocycles. The summed E-state index contributed by atoms with van der Waals surface area (Å²) in [4.78, 5) is 0. The largest absolute Gasteiger partial charge is 0.380 e. The average Bonchev–Trinajstić information content (AvgIpc) is 2.73. The van der Waals surface area contributed by atoms with Gasteiger partial charge in [0.1, 0.15) is 5.82 Å². The highest BCUT2D eigenvalue weighted by Crippen LogP contribution is 2.35. The molecule has 1 N–H and O–H groups in total. The van der Waals surface area contributed by atoms with Gasteiger partial charge in [0.2, 0.25) is 0 Å². The van der Waals surface area contributed by atoms with Gasteiger partial charge in [0.25, 0.3) is 0 Å². The quantitative estimate of drug-likeness (QED) is 0.771. The maximum Gasteiger partial charge on any atom is 0.142 e. The van der Waals surface area contributed by atoms with Crippen molar-refractivity contribution in [2.75, 3.05) is 11.9 Å². The molecule has 2 aromatic rings. The monoisotopic (exact) mass is 293 g/mol. The van der Waals surface area contributed by atoms with Gasteiger partial charge in [0.05, 0.1) is 5.02 Å². The molecule has 0 unspecified atom stereocenters. The molecule has 0 bridgehead atoms. The van der Waals surface area contributed by atoms with Crippen LogP contribution in [0.5, 0.6) is 0 Å². The first kappa shape index (κ1) is 12.5. The van der Waals surface area contributed by atoms with E-state index >= 15 is 0 Å². The van der Waals surface area contributed by atoms with Crippen LogP contribution in [0.4, 0.5) is 10.1 Å². The summed E-state index contributed by atoms with van der Waals surface area (Å²) in [6, 6.07) is 10.6. The molecule has 2 aromatic carbocycles. The number of rotatable bonds is 1. The van der Waals surface area contributed by atoms with Crippen LogP contribution >= 0.6 is 23.2 Å². The van der Waals surface area contributed by atoms with Crippen LogP contribution in [0.2, 0.25) is 10.0 Å². The van der Waals surface area contributed by atoms with Gasteiger partial charge < -0.3 is 5.32 Å². The van der Waals surface area contributed by atoms with Crippen LogP contribution in [0.3, 0.4) is 0 Å². The van der Waals surface area contributed by atoms with Crippen molar-refractivity contribution in [1.82, 2.24) is 0 Å². The van der Waals surface area contributed by atoms with E-state index in [1.165, 1.54) is 6.07 Å². The second kappa shape index (κ2) is 4.87. The van der Waals surface area contributed by atoms with E-state index in [4.69, 9.17) is 23.2 Å². The molecule has 1 heterocycles. The van der Waals surface area contributed by atoms with E-state index in [-0.39, 0.29) is 5.02 Å². The van der Waals surface area contributed by atoms with E-state index < -0.39 is 5.82 Å². The van der Waals surface area contributed by atoms with E-state index in [0.29, 0.717) is 11.6 Å². The second-order valence-electron chi connectivity index (χ2n) is 4.39. The smallest absolute Gasteiger partial charge is 0.142 e. The first-order chi connectivity index (χ1) is 9.13. The molecule has 0 spiro atoms. The van der Waals surface area contributed by atoms with Crippen molar-refractivity contribution in [3.63, 3.8) is 0 Å². The van der Waals surface area contributed by atoms with Crippen LogP contribution in [0, 0.1) is 5.82 Å². The lowest BCUT2D eigenvalue weighted by Gasteiger charge is -2.02. The lowest BCUT2D eigenvalue weighted by molar-refractivity contribution is 0.628. The van der Waals surface area contributed by atoms with Crippen molar-refractivity contribution in [1.29, 1.82) is 0 Å². The van der Waals surface area contributed by atoms with Crippen LogP contribution in [0.15, 0.2) is 36.4 Å². The van der Waals surface area contributed by atoms with Gasteiger partial charge in [-0.1, -0.05) is 35.3 Å². The van der Waals surface area contributed by atoms with Gasteiger partial charge in [-0.05, 0) is 41.5 Å². The van der Waals surface area contributed by atoms with E-state index in [1.54, 1.807) is 6.07 Å². The number of fused-ring (bicyclic) bond motifs is 1. The average molecular weight is 294 g/mol. The van der Waals surface area contributed by atoms with Crippen molar-refractivity contribution in [3.05, 3.63) is 63.4 Å². The van der Waals surface area contributed by atoms with E-state index in [1.807, 2.05) is 30.3 Å². The van der Waals surface area contributed by atoms with Crippen LogP contribution in [-0.2, 0) is 0 Å². The van der Waals surface area contributed by atoms with Crippen molar-refractivity contribution >= 4 is 40.5 Å². The predicted octanol–water partition coefficient (Wildman–Crippen LogP) is 5.10. The minimum absolute atomic E-state index is 0.134. The Bertz CT molecular complexity index is 680. The molecule has 0 radical (unpaired) electrons. The number of nitrogens with one attached hydrogen (secondary N) is 1. The highest BCUT2D eigenvalue weighted by Gasteiger charge is 2.18. The van der Waals surface area contributed by atoms with Gasteiger partial charge >= 0.3 is 0 Å². The van der Waals surface area contributed by atoms with Gasteiger partial charge in [-0.25, -0.2) is 4.39 Å². The lowest BCUT2D eigenvalue weighted by Crippen LogP contribution is -1.91. The molecule has 4 heteroatoms. The van der Waals surface area contributed by atoms with Crippen molar-refractivity contribution in [2.24, 2.45) is 0 Å². The Morgan fingerprint density at radius 1 is 1.16 bits per heavy atom. The van der Waals surface area contributed by atoms with E-state index in [9.17, 15) is 4.39 Å². The molecule has 0 aromatic heterocycles. The molecule has 3 rings (SSSR count). The van der Waals surface area contributed by atoms with Crippen LogP contribution in [-0.4, -0.2) is 6.54 Å². The van der Waals surface area contributed by atoms with Crippen LogP contribution in [0.25, 0.3) is 11.6 Å². The van der Waals surface area contributed by atoms with Crippen molar-refractivity contribution in [3.8, 4) is 0 Å². The third kappa shape index (κ3) is 2.46. The zero-order valence-electron chi connectivity index (χ0n) is 9.88. The summed E-state index contributed by atoms with van der Waals surface area (Å²) >= 11 is 11.7. The Morgan fingerprint density at radius 2 is 2.00 bits per heavy atom. The molecule has 1 nitrogen and oxygen atoms in total. The minimum atomic E-state index is -0.402. The lowest BCUT2D eigenvalue weighted by atomic mass is 10.0. The first-order valence-corrected chi connectivity index (χ1v) is 6.58. The van der Waals surface area contributed by atoms with Gasteiger partial charge in [0.15, 0.2) is 0 Å². The summed E-state index contributed by atoms with van der Waals surface area (Å²) in [7, 11) is 0. The number of anilines is 1. The molecular formula is C15H10Cl2FN. The van der Waals surface area contributed by atoms with Gasteiger partial charge in [0, 0.05) is 22.8 Å². The molecule has 96 valence electrons. The summed E-state index contributed by atoms with van der Waals surface area (Å²) in [5.74, 6) is -0.402. The Hall–Kier alpha value is -1.51.